The van der Waals surface area contributed by atoms with Gasteiger partial charge in [0.25, 0.3) is 5.91 Å². The molecule has 0 spiro atoms. The van der Waals surface area contributed by atoms with Gasteiger partial charge in [-0.2, -0.15) is 0 Å². The maximum Gasteiger partial charge on any atom is 0.263 e. The second-order valence-corrected chi connectivity index (χ2v) is 5.64. The SMILES string of the molecule is Cc1ccccc1C(C)NC(=O)c1sccc1C#CCN. The van der Waals surface area contributed by atoms with Crippen LogP contribution in [0.15, 0.2) is 35.7 Å². The van der Waals surface area contributed by atoms with Gasteiger partial charge in [-0.1, -0.05) is 36.1 Å². The van der Waals surface area contributed by atoms with Gasteiger partial charge in [0.1, 0.15) is 4.88 Å². The van der Waals surface area contributed by atoms with Gasteiger partial charge in [-0.3, -0.25) is 4.79 Å². The molecule has 0 saturated carbocycles. The minimum atomic E-state index is -0.0953. The number of nitrogens with one attached hydrogen (secondary N) is 1. The minimum absolute atomic E-state index is 0.0453. The highest BCUT2D eigenvalue weighted by molar-refractivity contribution is 7.12. The summed E-state index contributed by atoms with van der Waals surface area (Å²) in [5.74, 6) is 5.62. The average molecular weight is 298 g/mol. The molecule has 0 bridgehead atoms. The second-order valence-electron chi connectivity index (χ2n) is 4.72. The van der Waals surface area contributed by atoms with E-state index in [1.165, 1.54) is 16.9 Å². The summed E-state index contributed by atoms with van der Waals surface area (Å²) in [5, 5.41) is 4.90. The van der Waals surface area contributed by atoms with Crippen molar-refractivity contribution in [1.82, 2.24) is 5.32 Å². The normalized spacial score (nSPS) is 11.4. The molecule has 2 aromatic rings. The Morgan fingerprint density at radius 1 is 1.38 bits per heavy atom. The molecular formula is C17H18N2OS. The molecule has 0 saturated heterocycles. The van der Waals surface area contributed by atoms with E-state index in [-0.39, 0.29) is 18.5 Å². The quantitative estimate of drug-likeness (QED) is 0.856. The van der Waals surface area contributed by atoms with Gasteiger partial charge in [-0.05, 0) is 36.4 Å². The predicted octanol–water partition coefficient (Wildman–Crippen LogP) is 2.86. The van der Waals surface area contributed by atoms with E-state index >= 15 is 0 Å². The Bertz CT molecular complexity index is 694. The summed E-state index contributed by atoms with van der Waals surface area (Å²) in [6.07, 6.45) is 0. The summed E-state index contributed by atoms with van der Waals surface area (Å²) in [6.45, 7) is 4.32. The molecule has 3 N–H and O–H groups in total. The second kappa shape index (κ2) is 7.07. The molecule has 21 heavy (non-hydrogen) atoms. The smallest absolute Gasteiger partial charge is 0.263 e. The first-order valence-corrected chi connectivity index (χ1v) is 7.64. The van der Waals surface area contributed by atoms with Crippen LogP contribution in [0.2, 0.25) is 0 Å². The van der Waals surface area contributed by atoms with E-state index in [0.717, 1.165) is 11.1 Å². The number of hydrogen-bond acceptors (Lipinski definition) is 3. The number of thiophene rings is 1. The molecule has 0 aliphatic carbocycles. The largest absolute Gasteiger partial charge is 0.345 e. The van der Waals surface area contributed by atoms with E-state index in [4.69, 9.17) is 5.73 Å². The van der Waals surface area contributed by atoms with Gasteiger partial charge in [-0.25, -0.2) is 0 Å². The van der Waals surface area contributed by atoms with Gasteiger partial charge in [0.15, 0.2) is 0 Å². The summed E-state index contributed by atoms with van der Waals surface area (Å²) < 4.78 is 0. The standard InChI is InChI=1S/C17H18N2OS/c1-12-6-3-4-8-15(12)13(2)19-17(20)16-14(7-5-10-18)9-11-21-16/h3-4,6,8-9,11,13H,10,18H2,1-2H3,(H,19,20). The lowest BCUT2D eigenvalue weighted by atomic mass is 10.0. The highest BCUT2D eigenvalue weighted by Gasteiger charge is 2.16. The number of aryl methyl sites for hydroxylation is 1. The number of nitrogens with two attached hydrogens (primary N) is 1. The van der Waals surface area contributed by atoms with Crippen molar-refractivity contribution in [3.05, 3.63) is 57.3 Å². The van der Waals surface area contributed by atoms with E-state index in [1.807, 2.05) is 49.6 Å². The van der Waals surface area contributed by atoms with E-state index in [0.29, 0.717) is 4.88 Å². The van der Waals surface area contributed by atoms with Crippen molar-refractivity contribution in [1.29, 1.82) is 0 Å². The van der Waals surface area contributed by atoms with Gasteiger partial charge >= 0.3 is 0 Å². The van der Waals surface area contributed by atoms with E-state index < -0.39 is 0 Å². The molecule has 2 rings (SSSR count). The van der Waals surface area contributed by atoms with Gasteiger partial charge in [0, 0.05) is 5.56 Å². The predicted molar refractivity (Wildman–Crippen MR) is 87.3 cm³/mol. The van der Waals surface area contributed by atoms with Crippen molar-refractivity contribution >= 4 is 17.2 Å². The first-order valence-electron chi connectivity index (χ1n) is 6.76. The molecule has 108 valence electrons. The van der Waals surface area contributed by atoms with Gasteiger partial charge in [0.05, 0.1) is 12.6 Å². The summed E-state index contributed by atoms with van der Waals surface area (Å²) in [5.41, 5.74) is 8.40. The molecule has 1 heterocycles. The first-order chi connectivity index (χ1) is 10.1. The lowest BCUT2D eigenvalue weighted by Crippen LogP contribution is -2.26. The Labute approximate surface area is 129 Å². The third kappa shape index (κ3) is 3.72. The number of amides is 1. The van der Waals surface area contributed by atoms with Crippen molar-refractivity contribution < 1.29 is 4.79 Å². The van der Waals surface area contributed by atoms with Crippen molar-refractivity contribution in [2.45, 2.75) is 19.9 Å². The Balaban J connectivity index is 2.15. The van der Waals surface area contributed by atoms with Gasteiger partial charge in [0.2, 0.25) is 0 Å². The zero-order valence-corrected chi connectivity index (χ0v) is 13.0. The van der Waals surface area contributed by atoms with Crippen LogP contribution in [0.5, 0.6) is 0 Å². The monoisotopic (exact) mass is 298 g/mol. The van der Waals surface area contributed by atoms with Crippen LogP contribution in [-0.2, 0) is 0 Å². The summed E-state index contributed by atoms with van der Waals surface area (Å²) in [7, 11) is 0. The molecule has 0 aliphatic rings. The molecule has 0 aliphatic heterocycles. The maximum atomic E-state index is 12.4. The van der Waals surface area contributed by atoms with E-state index in [2.05, 4.69) is 17.2 Å². The Morgan fingerprint density at radius 3 is 2.86 bits per heavy atom. The number of rotatable bonds is 3. The fourth-order valence-electron chi connectivity index (χ4n) is 2.14. The highest BCUT2D eigenvalue weighted by Crippen LogP contribution is 2.20. The summed E-state index contributed by atoms with van der Waals surface area (Å²) >= 11 is 1.39. The molecule has 1 atom stereocenters. The Kier molecular flexibility index (Phi) is 5.15. The number of carbonyl (C=O) groups excluding carboxylic acids is 1. The van der Waals surface area contributed by atoms with Crippen molar-refractivity contribution in [2.24, 2.45) is 5.73 Å². The zero-order valence-electron chi connectivity index (χ0n) is 12.1. The third-order valence-corrected chi connectivity index (χ3v) is 4.11. The molecule has 1 aromatic heterocycles. The topological polar surface area (TPSA) is 55.1 Å². The molecule has 4 heteroatoms. The van der Waals surface area contributed by atoms with Crippen LogP contribution in [0, 0.1) is 18.8 Å². The van der Waals surface area contributed by atoms with E-state index in [1.54, 1.807) is 0 Å². The number of carbonyl (C=O) groups is 1. The zero-order chi connectivity index (χ0) is 15.2. The van der Waals surface area contributed by atoms with Crippen LogP contribution >= 0.6 is 11.3 Å². The lowest BCUT2D eigenvalue weighted by molar-refractivity contribution is 0.0943. The van der Waals surface area contributed by atoms with Crippen LogP contribution in [0.25, 0.3) is 0 Å². The van der Waals surface area contributed by atoms with Gasteiger partial charge < -0.3 is 11.1 Å². The Morgan fingerprint density at radius 2 is 2.14 bits per heavy atom. The van der Waals surface area contributed by atoms with Crippen LogP contribution in [0.1, 0.15) is 39.3 Å². The van der Waals surface area contributed by atoms with Gasteiger partial charge in [-0.15, -0.1) is 11.3 Å². The van der Waals surface area contributed by atoms with Crippen LogP contribution in [0.4, 0.5) is 0 Å². The molecule has 1 unspecified atom stereocenters. The fourth-order valence-corrected chi connectivity index (χ4v) is 2.89. The van der Waals surface area contributed by atoms with Crippen LogP contribution in [-0.4, -0.2) is 12.5 Å². The fraction of sp³-hybridized carbons (Fsp3) is 0.235. The summed E-state index contributed by atoms with van der Waals surface area (Å²) in [4.78, 5) is 13.0. The average Bonchev–Trinajstić information content (AvgIpc) is 2.93. The molecule has 1 amide bonds. The minimum Gasteiger partial charge on any atom is -0.345 e. The van der Waals surface area contributed by atoms with Crippen molar-refractivity contribution in [3.63, 3.8) is 0 Å². The Hall–Kier alpha value is -2.09. The molecule has 1 aromatic carbocycles. The van der Waals surface area contributed by atoms with Crippen LogP contribution < -0.4 is 11.1 Å². The highest BCUT2D eigenvalue weighted by atomic mass is 32.1. The van der Waals surface area contributed by atoms with Crippen LogP contribution in [0.3, 0.4) is 0 Å². The number of hydrogen-bond donors (Lipinski definition) is 2. The summed E-state index contributed by atoms with van der Waals surface area (Å²) in [6, 6.07) is 9.85. The number of benzene rings is 1. The lowest BCUT2D eigenvalue weighted by Gasteiger charge is -2.16. The van der Waals surface area contributed by atoms with Crippen molar-refractivity contribution in [2.75, 3.05) is 6.54 Å². The molecule has 0 fully saturated rings. The van der Waals surface area contributed by atoms with Crippen molar-refractivity contribution in [3.8, 4) is 11.8 Å². The van der Waals surface area contributed by atoms with E-state index in [9.17, 15) is 4.79 Å². The molecular weight excluding hydrogens is 280 g/mol. The third-order valence-electron chi connectivity index (χ3n) is 3.20. The molecule has 3 nitrogen and oxygen atoms in total. The maximum absolute atomic E-state index is 12.4. The first kappa shape index (κ1) is 15.3. The molecule has 0 radical (unpaired) electrons.